The number of nitrogens with one attached hydrogen (secondary N) is 1. The fourth-order valence-corrected chi connectivity index (χ4v) is 1.24. The fraction of sp³-hybridized carbons (Fsp3) is 0.364. The highest BCUT2D eigenvalue weighted by atomic mass is 16.5. The van der Waals surface area contributed by atoms with Crippen molar-refractivity contribution in [2.45, 2.75) is 19.8 Å². The summed E-state index contributed by atoms with van der Waals surface area (Å²) in [5, 5.41) is 2.65. The third-order valence-electron chi connectivity index (χ3n) is 2.17. The number of aromatic nitrogens is 1. The summed E-state index contributed by atoms with van der Waals surface area (Å²) in [5.74, 6) is -0.271. The van der Waals surface area contributed by atoms with Crippen molar-refractivity contribution >= 4 is 23.4 Å². The highest BCUT2D eigenvalue weighted by Crippen LogP contribution is 2.14. The largest absolute Gasteiger partial charge is 0.469 e. The van der Waals surface area contributed by atoms with Crippen LogP contribution in [0.25, 0.3) is 0 Å². The van der Waals surface area contributed by atoms with Gasteiger partial charge in [0, 0.05) is 6.42 Å². The molecule has 17 heavy (non-hydrogen) atoms. The number of pyridine rings is 1. The molecule has 0 atom stereocenters. The lowest BCUT2D eigenvalue weighted by Gasteiger charge is -2.07. The summed E-state index contributed by atoms with van der Waals surface area (Å²) in [6.07, 6.45) is 0.139. The van der Waals surface area contributed by atoms with E-state index >= 15 is 0 Å². The van der Waals surface area contributed by atoms with Crippen LogP contribution in [0, 0.1) is 6.92 Å². The summed E-state index contributed by atoms with van der Waals surface area (Å²) in [6.45, 7) is 1.74. The molecule has 0 spiro atoms. The minimum absolute atomic E-state index is 0.0593. The van der Waals surface area contributed by atoms with E-state index in [9.17, 15) is 9.59 Å². The summed E-state index contributed by atoms with van der Waals surface area (Å²) in [5.41, 5.74) is 6.72. The van der Waals surface area contributed by atoms with Crippen LogP contribution >= 0.6 is 0 Å². The molecule has 3 N–H and O–H groups in total. The molecule has 1 heterocycles. The Balaban J connectivity index is 2.53. The van der Waals surface area contributed by atoms with Crippen LogP contribution in [-0.4, -0.2) is 24.0 Å². The highest BCUT2D eigenvalue weighted by molar-refractivity contribution is 5.93. The second kappa shape index (κ2) is 5.83. The Morgan fingerprint density at radius 3 is 2.71 bits per heavy atom. The average molecular weight is 237 g/mol. The number of hydrogen-bond donors (Lipinski definition) is 2. The second-order valence-corrected chi connectivity index (χ2v) is 3.49. The van der Waals surface area contributed by atoms with Gasteiger partial charge in [0.2, 0.25) is 5.91 Å². The number of ether oxygens (including phenoxy) is 1. The molecule has 0 saturated heterocycles. The van der Waals surface area contributed by atoms with Gasteiger partial charge in [0.1, 0.15) is 5.82 Å². The molecule has 0 unspecified atom stereocenters. The van der Waals surface area contributed by atoms with Crippen LogP contribution in [0.4, 0.5) is 11.5 Å². The Morgan fingerprint density at radius 2 is 2.12 bits per heavy atom. The number of aryl methyl sites for hydroxylation is 1. The van der Waals surface area contributed by atoms with Gasteiger partial charge in [-0.1, -0.05) is 0 Å². The molecule has 0 aliphatic heterocycles. The van der Waals surface area contributed by atoms with Crippen molar-refractivity contribution in [1.29, 1.82) is 0 Å². The van der Waals surface area contributed by atoms with Gasteiger partial charge in [-0.15, -0.1) is 0 Å². The third-order valence-corrected chi connectivity index (χ3v) is 2.17. The number of esters is 1. The molecule has 0 radical (unpaired) electrons. The molecule has 92 valence electrons. The van der Waals surface area contributed by atoms with E-state index in [1.54, 1.807) is 19.1 Å². The zero-order chi connectivity index (χ0) is 12.8. The lowest BCUT2D eigenvalue weighted by Crippen LogP contribution is -2.15. The first-order valence-electron chi connectivity index (χ1n) is 5.12. The maximum atomic E-state index is 11.5. The number of carbonyl (C=O) groups excluding carboxylic acids is 2. The van der Waals surface area contributed by atoms with Crippen molar-refractivity contribution in [2.75, 3.05) is 18.2 Å². The van der Waals surface area contributed by atoms with Gasteiger partial charge in [-0.2, -0.15) is 0 Å². The lowest BCUT2D eigenvalue weighted by atomic mass is 10.2. The number of anilines is 2. The number of carbonyl (C=O) groups is 2. The second-order valence-electron chi connectivity index (χ2n) is 3.49. The minimum atomic E-state index is -0.410. The molecular weight excluding hydrogens is 222 g/mol. The molecule has 0 bridgehead atoms. The van der Waals surface area contributed by atoms with Gasteiger partial charge in [0.05, 0.1) is 24.9 Å². The standard InChI is InChI=1S/C11H15N3O3/c1-7-8(3-4-9(12)13-7)14-10(15)5-6-11(16)17-2/h3-4H,5-6H2,1-2H3,(H2,12,13)(H,14,15). The van der Waals surface area contributed by atoms with Crippen molar-refractivity contribution in [2.24, 2.45) is 0 Å². The number of methoxy groups -OCH3 is 1. The first kappa shape index (κ1) is 13.0. The van der Waals surface area contributed by atoms with E-state index in [1.165, 1.54) is 7.11 Å². The van der Waals surface area contributed by atoms with Crippen LogP contribution < -0.4 is 11.1 Å². The first-order chi connectivity index (χ1) is 8.02. The summed E-state index contributed by atoms with van der Waals surface area (Å²) in [4.78, 5) is 26.4. The number of nitrogen functional groups attached to an aromatic ring is 1. The fourth-order valence-electron chi connectivity index (χ4n) is 1.24. The van der Waals surface area contributed by atoms with E-state index in [1.807, 2.05) is 0 Å². The van der Waals surface area contributed by atoms with E-state index in [-0.39, 0.29) is 18.7 Å². The van der Waals surface area contributed by atoms with Gasteiger partial charge in [0.25, 0.3) is 0 Å². The van der Waals surface area contributed by atoms with E-state index in [2.05, 4.69) is 15.0 Å². The summed E-state index contributed by atoms with van der Waals surface area (Å²) < 4.78 is 4.44. The maximum Gasteiger partial charge on any atom is 0.306 e. The van der Waals surface area contributed by atoms with E-state index in [0.29, 0.717) is 17.2 Å². The van der Waals surface area contributed by atoms with Crippen molar-refractivity contribution in [3.63, 3.8) is 0 Å². The Labute approximate surface area is 99.2 Å². The predicted molar refractivity (Wildman–Crippen MR) is 63.3 cm³/mol. The van der Waals surface area contributed by atoms with Crippen LogP contribution in [0.15, 0.2) is 12.1 Å². The monoisotopic (exact) mass is 237 g/mol. The summed E-state index contributed by atoms with van der Waals surface area (Å²) >= 11 is 0. The lowest BCUT2D eigenvalue weighted by molar-refractivity contribution is -0.141. The normalized spacial score (nSPS) is 9.76. The molecule has 0 aliphatic rings. The van der Waals surface area contributed by atoms with Crippen LogP contribution in [0.1, 0.15) is 18.5 Å². The van der Waals surface area contributed by atoms with Gasteiger partial charge in [-0.25, -0.2) is 4.98 Å². The molecule has 6 heteroatoms. The summed E-state index contributed by atoms with van der Waals surface area (Å²) in [7, 11) is 1.29. The highest BCUT2D eigenvalue weighted by Gasteiger charge is 2.08. The van der Waals surface area contributed by atoms with Crippen molar-refractivity contribution in [1.82, 2.24) is 4.98 Å². The average Bonchev–Trinajstić information content (AvgIpc) is 2.29. The van der Waals surface area contributed by atoms with Crippen LogP contribution in [0.3, 0.4) is 0 Å². The van der Waals surface area contributed by atoms with Gasteiger partial charge in [-0.05, 0) is 19.1 Å². The van der Waals surface area contributed by atoms with Crippen LogP contribution in [0.5, 0.6) is 0 Å². The van der Waals surface area contributed by atoms with Gasteiger partial charge >= 0.3 is 5.97 Å². The number of nitrogens with two attached hydrogens (primary N) is 1. The Morgan fingerprint density at radius 1 is 1.41 bits per heavy atom. The number of amides is 1. The molecule has 0 aliphatic carbocycles. The Hall–Kier alpha value is -2.11. The summed E-state index contributed by atoms with van der Waals surface area (Å²) in [6, 6.07) is 3.27. The molecule has 1 aromatic heterocycles. The Bertz CT molecular complexity index is 432. The van der Waals surface area contributed by atoms with E-state index in [4.69, 9.17) is 5.73 Å². The zero-order valence-electron chi connectivity index (χ0n) is 9.82. The SMILES string of the molecule is COC(=O)CCC(=O)Nc1ccc(N)nc1C. The molecule has 0 aromatic carbocycles. The first-order valence-corrected chi connectivity index (χ1v) is 5.12. The smallest absolute Gasteiger partial charge is 0.306 e. The number of nitrogens with zero attached hydrogens (tertiary/aromatic N) is 1. The van der Waals surface area contributed by atoms with Crippen LogP contribution in [-0.2, 0) is 14.3 Å². The third kappa shape index (κ3) is 4.10. The van der Waals surface area contributed by atoms with Crippen molar-refractivity contribution < 1.29 is 14.3 Å². The maximum absolute atomic E-state index is 11.5. The molecule has 1 amide bonds. The predicted octanol–water partition coefficient (Wildman–Crippen LogP) is 0.864. The van der Waals surface area contributed by atoms with E-state index < -0.39 is 5.97 Å². The topological polar surface area (TPSA) is 94.3 Å². The Kier molecular flexibility index (Phi) is 4.45. The molecular formula is C11H15N3O3. The molecule has 6 nitrogen and oxygen atoms in total. The van der Waals surface area contributed by atoms with Gasteiger partial charge in [-0.3, -0.25) is 9.59 Å². The quantitative estimate of drug-likeness (QED) is 0.757. The van der Waals surface area contributed by atoms with Gasteiger partial charge in [0.15, 0.2) is 0 Å². The number of rotatable bonds is 4. The van der Waals surface area contributed by atoms with Crippen LogP contribution in [0.2, 0.25) is 0 Å². The van der Waals surface area contributed by atoms with Crippen molar-refractivity contribution in [3.05, 3.63) is 17.8 Å². The van der Waals surface area contributed by atoms with Gasteiger partial charge < -0.3 is 15.8 Å². The molecule has 0 fully saturated rings. The zero-order valence-corrected chi connectivity index (χ0v) is 9.82. The molecule has 0 saturated carbocycles. The van der Waals surface area contributed by atoms with Crippen molar-refractivity contribution in [3.8, 4) is 0 Å². The number of hydrogen-bond acceptors (Lipinski definition) is 5. The molecule has 1 rings (SSSR count). The van der Waals surface area contributed by atoms with E-state index in [0.717, 1.165) is 0 Å². The molecule has 1 aromatic rings. The minimum Gasteiger partial charge on any atom is -0.469 e.